The van der Waals surface area contributed by atoms with Gasteiger partial charge in [0.2, 0.25) is 5.91 Å². The second-order valence-electron chi connectivity index (χ2n) is 4.73. The van der Waals surface area contributed by atoms with Crippen molar-refractivity contribution in [2.24, 2.45) is 5.92 Å². The number of rotatable bonds is 3. The quantitative estimate of drug-likeness (QED) is 0.780. The van der Waals surface area contributed by atoms with Crippen LogP contribution in [-0.2, 0) is 11.2 Å². The minimum Gasteiger partial charge on any atom is -0.312 e. The van der Waals surface area contributed by atoms with Crippen molar-refractivity contribution in [3.8, 4) is 0 Å². The predicted octanol–water partition coefficient (Wildman–Crippen LogP) is 2.41. The largest absolute Gasteiger partial charge is 0.312 e. The lowest BCUT2D eigenvalue weighted by Gasteiger charge is -2.29. The van der Waals surface area contributed by atoms with Gasteiger partial charge in [-0.25, -0.2) is 0 Å². The van der Waals surface area contributed by atoms with Crippen molar-refractivity contribution in [1.29, 1.82) is 0 Å². The zero-order valence-corrected chi connectivity index (χ0v) is 9.94. The van der Waals surface area contributed by atoms with E-state index in [1.807, 2.05) is 17.2 Å². The highest BCUT2D eigenvalue weighted by Gasteiger charge is 2.23. The smallest absolute Gasteiger partial charge is 0.227 e. The zero-order valence-electron chi connectivity index (χ0n) is 9.94. The average Bonchev–Trinajstić information content (AvgIpc) is 2.27. The average molecular weight is 218 g/mol. The molecule has 0 bridgehead atoms. The number of anilines is 1. The van der Waals surface area contributed by atoms with E-state index in [4.69, 9.17) is 0 Å². The number of fused-ring (bicyclic) bond motifs is 1. The summed E-state index contributed by atoms with van der Waals surface area (Å²) in [6.45, 7) is 5.19. The fourth-order valence-electron chi connectivity index (χ4n) is 2.02. The van der Waals surface area contributed by atoms with Crippen LogP contribution in [0.1, 0.15) is 32.3 Å². The minimum atomic E-state index is 0.249. The van der Waals surface area contributed by atoms with Crippen LogP contribution in [0, 0.1) is 5.92 Å². The van der Waals surface area contributed by atoms with E-state index >= 15 is 0 Å². The molecule has 0 aromatic carbocycles. The molecule has 3 heteroatoms. The minimum absolute atomic E-state index is 0.249. The second-order valence-corrected chi connectivity index (χ2v) is 4.73. The highest BCUT2D eigenvalue weighted by atomic mass is 16.2. The molecule has 1 aliphatic heterocycles. The van der Waals surface area contributed by atoms with Gasteiger partial charge in [-0.3, -0.25) is 9.78 Å². The Morgan fingerprint density at radius 3 is 3.00 bits per heavy atom. The molecule has 0 N–H and O–H groups in total. The van der Waals surface area contributed by atoms with E-state index in [1.54, 1.807) is 6.20 Å². The SMILES string of the molecule is CC(C)CCN1C(=O)CCc2cnccc21. The van der Waals surface area contributed by atoms with Gasteiger partial charge in [0.15, 0.2) is 0 Å². The number of aryl methyl sites for hydroxylation is 1. The van der Waals surface area contributed by atoms with Crippen molar-refractivity contribution in [3.63, 3.8) is 0 Å². The van der Waals surface area contributed by atoms with Crippen LogP contribution in [0.25, 0.3) is 0 Å². The lowest BCUT2D eigenvalue weighted by atomic mass is 10.0. The van der Waals surface area contributed by atoms with Gasteiger partial charge in [0.1, 0.15) is 0 Å². The molecule has 0 saturated heterocycles. The van der Waals surface area contributed by atoms with Crippen LogP contribution in [0.3, 0.4) is 0 Å². The number of hydrogen-bond acceptors (Lipinski definition) is 2. The molecule has 0 saturated carbocycles. The maximum Gasteiger partial charge on any atom is 0.227 e. The number of nitrogens with zero attached hydrogens (tertiary/aromatic N) is 2. The van der Waals surface area contributed by atoms with Gasteiger partial charge in [-0.05, 0) is 30.4 Å². The summed E-state index contributed by atoms with van der Waals surface area (Å²) >= 11 is 0. The zero-order chi connectivity index (χ0) is 11.5. The first kappa shape index (κ1) is 11.1. The third-order valence-corrected chi connectivity index (χ3v) is 3.01. The molecule has 1 aromatic rings. The molecule has 1 amide bonds. The fraction of sp³-hybridized carbons (Fsp3) is 0.538. The highest BCUT2D eigenvalue weighted by Crippen LogP contribution is 2.27. The summed E-state index contributed by atoms with van der Waals surface area (Å²) in [7, 11) is 0. The number of aromatic nitrogens is 1. The first-order valence-electron chi connectivity index (χ1n) is 5.91. The molecular formula is C13H18N2O. The molecule has 0 spiro atoms. The molecular weight excluding hydrogens is 200 g/mol. The van der Waals surface area contributed by atoms with Crippen LogP contribution in [-0.4, -0.2) is 17.4 Å². The number of carbonyl (C=O) groups is 1. The summed E-state index contributed by atoms with van der Waals surface area (Å²) in [5.41, 5.74) is 2.26. The number of carbonyl (C=O) groups excluding carboxylic acids is 1. The Balaban J connectivity index is 2.19. The summed E-state index contributed by atoms with van der Waals surface area (Å²) in [5, 5.41) is 0. The van der Waals surface area contributed by atoms with Crippen molar-refractivity contribution in [2.45, 2.75) is 33.1 Å². The molecule has 86 valence electrons. The Labute approximate surface area is 96.5 Å². The van der Waals surface area contributed by atoms with Crippen LogP contribution in [0.5, 0.6) is 0 Å². The Kier molecular flexibility index (Phi) is 3.22. The van der Waals surface area contributed by atoms with E-state index in [1.165, 1.54) is 5.56 Å². The van der Waals surface area contributed by atoms with Crippen molar-refractivity contribution >= 4 is 11.6 Å². The van der Waals surface area contributed by atoms with E-state index in [0.717, 1.165) is 25.1 Å². The van der Waals surface area contributed by atoms with Gasteiger partial charge < -0.3 is 4.90 Å². The van der Waals surface area contributed by atoms with Crippen LogP contribution < -0.4 is 4.90 Å². The van der Waals surface area contributed by atoms with Crippen LogP contribution in [0.15, 0.2) is 18.5 Å². The van der Waals surface area contributed by atoms with Gasteiger partial charge in [0, 0.05) is 31.0 Å². The Bertz CT molecular complexity index is 387. The molecule has 0 unspecified atom stereocenters. The lowest BCUT2D eigenvalue weighted by molar-refractivity contribution is -0.118. The topological polar surface area (TPSA) is 33.2 Å². The van der Waals surface area contributed by atoms with Gasteiger partial charge in [-0.15, -0.1) is 0 Å². The van der Waals surface area contributed by atoms with Gasteiger partial charge in [0.05, 0.1) is 0 Å². The van der Waals surface area contributed by atoms with Gasteiger partial charge >= 0.3 is 0 Å². The van der Waals surface area contributed by atoms with Crippen LogP contribution >= 0.6 is 0 Å². The molecule has 2 rings (SSSR count). The summed E-state index contributed by atoms with van der Waals surface area (Å²) < 4.78 is 0. The number of hydrogen-bond donors (Lipinski definition) is 0. The van der Waals surface area contributed by atoms with E-state index in [0.29, 0.717) is 12.3 Å². The molecule has 1 aliphatic rings. The fourth-order valence-corrected chi connectivity index (χ4v) is 2.02. The Morgan fingerprint density at radius 2 is 2.25 bits per heavy atom. The summed E-state index contributed by atoms with van der Waals surface area (Å²) in [4.78, 5) is 17.9. The third kappa shape index (κ3) is 2.23. The van der Waals surface area contributed by atoms with Crippen molar-refractivity contribution in [2.75, 3.05) is 11.4 Å². The molecule has 2 heterocycles. The summed E-state index contributed by atoms with van der Waals surface area (Å²) in [6, 6.07) is 1.95. The maximum absolute atomic E-state index is 11.9. The summed E-state index contributed by atoms with van der Waals surface area (Å²) in [5.74, 6) is 0.874. The van der Waals surface area contributed by atoms with Crippen molar-refractivity contribution < 1.29 is 4.79 Å². The van der Waals surface area contributed by atoms with Gasteiger partial charge in [-0.1, -0.05) is 13.8 Å². The predicted molar refractivity (Wildman–Crippen MR) is 64.4 cm³/mol. The highest BCUT2D eigenvalue weighted by molar-refractivity contribution is 5.96. The molecule has 0 fully saturated rings. The molecule has 0 atom stereocenters. The maximum atomic E-state index is 11.9. The third-order valence-electron chi connectivity index (χ3n) is 3.01. The second kappa shape index (κ2) is 4.64. The van der Waals surface area contributed by atoms with E-state index in [-0.39, 0.29) is 5.91 Å². The van der Waals surface area contributed by atoms with E-state index < -0.39 is 0 Å². The van der Waals surface area contributed by atoms with E-state index in [2.05, 4.69) is 18.8 Å². The van der Waals surface area contributed by atoms with Crippen molar-refractivity contribution in [1.82, 2.24) is 4.98 Å². The number of pyridine rings is 1. The van der Waals surface area contributed by atoms with Gasteiger partial charge in [0.25, 0.3) is 0 Å². The standard InChI is InChI=1S/C13H18N2O/c1-10(2)6-8-15-12-5-7-14-9-11(12)3-4-13(15)16/h5,7,9-10H,3-4,6,8H2,1-2H3. The molecule has 0 radical (unpaired) electrons. The molecule has 16 heavy (non-hydrogen) atoms. The first-order valence-corrected chi connectivity index (χ1v) is 5.91. The van der Waals surface area contributed by atoms with Crippen LogP contribution in [0.2, 0.25) is 0 Å². The normalized spacial score (nSPS) is 15.4. The van der Waals surface area contributed by atoms with Gasteiger partial charge in [-0.2, -0.15) is 0 Å². The molecule has 3 nitrogen and oxygen atoms in total. The Morgan fingerprint density at radius 1 is 1.44 bits per heavy atom. The monoisotopic (exact) mass is 218 g/mol. The lowest BCUT2D eigenvalue weighted by Crippen LogP contribution is -2.36. The van der Waals surface area contributed by atoms with Crippen LogP contribution in [0.4, 0.5) is 5.69 Å². The molecule has 1 aromatic heterocycles. The summed E-state index contributed by atoms with van der Waals surface area (Å²) in [6.07, 6.45) is 6.15. The first-order chi connectivity index (χ1) is 7.68. The van der Waals surface area contributed by atoms with E-state index in [9.17, 15) is 4.79 Å². The Hall–Kier alpha value is -1.38. The molecule has 0 aliphatic carbocycles. The van der Waals surface area contributed by atoms with Crippen molar-refractivity contribution in [3.05, 3.63) is 24.0 Å². The number of amides is 1.